The van der Waals surface area contributed by atoms with Gasteiger partial charge in [-0.1, -0.05) is 46.0 Å². The van der Waals surface area contributed by atoms with Crippen LogP contribution >= 0.6 is 0 Å². The summed E-state index contributed by atoms with van der Waals surface area (Å²) in [6, 6.07) is 0.661. The first-order chi connectivity index (χ1) is 7.70. The third kappa shape index (κ3) is 4.84. The molecule has 1 saturated carbocycles. The zero-order chi connectivity index (χ0) is 11.9. The molecule has 1 rings (SSSR count). The van der Waals surface area contributed by atoms with Crippen LogP contribution in [-0.4, -0.2) is 23.3 Å². The molecule has 1 aliphatic carbocycles. The summed E-state index contributed by atoms with van der Waals surface area (Å²) in [5.74, 6) is 0. The molecule has 1 fully saturated rings. The van der Waals surface area contributed by atoms with Gasteiger partial charge in [0.25, 0.3) is 0 Å². The highest BCUT2D eigenvalue weighted by Gasteiger charge is 2.26. The second-order valence-corrected chi connectivity index (χ2v) is 5.44. The Morgan fingerprint density at radius 3 is 2.12 bits per heavy atom. The lowest BCUT2D eigenvalue weighted by Gasteiger charge is -2.31. The SMILES string of the molecule is CCCC(O)(CCC)CNC1CCCCC1. The molecule has 0 aromatic heterocycles. The molecule has 0 amide bonds. The van der Waals surface area contributed by atoms with E-state index in [-0.39, 0.29) is 0 Å². The number of rotatable bonds is 7. The van der Waals surface area contributed by atoms with E-state index in [4.69, 9.17) is 0 Å². The van der Waals surface area contributed by atoms with E-state index in [9.17, 15) is 5.11 Å². The summed E-state index contributed by atoms with van der Waals surface area (Å²) >= 11 is 0. The average molecular weight is 227 g/mol. The van der Waals surface area contributed by atoms with Crippen LogP contribution in [0.4, 0.5) is 0 Å². The summed E-state index contributed by atoms with van der Waals surface area (Å²) < 4.78 is 0. The molecule has 0 bridgehead atoms. The zero-order valence-electron chi connectivity index (χ0n) is 11.1. The zero-order valence-corrected chi connectivity index (χ0v) is 11.1. The van der Waals surface area contributed by atoms with Gasteiger partial charge >= 0.3 is 0 Å². The minimum atomic E-state index is -0.457. The summed E-state index contributed by atoms with van der Waals surface area (Å²) in [4.78, 5) is 0. The van der Waals surface area contributed by atoms with Gasteiger partial charge in [0.1, 0.15) is 0 Å². The lowest BCUT2D eigenvalue weighted by atomic mass is 9.90. The fourth-order valence-electron chi connectivity index (χ4n) is 2.87. The van der Waals surface area contributed by atoms with Gasteiger partial charge in [-0.3, -0.25) is 0 Å². The van der Waals surface area contributed by atoms with Crippen molar-refractivity contribution in [3.63, 3.8) is 0 Å². The van der Waals surface area contributed by atoms with Crippen LogP contribution in [0.1, 0.15) is 71.6 Å². The molecule has 0 spiro atoms. The first-order valence-electron chi connectivity index (χ1n) is 7.16. The Labute approximate surface area is 101 Å². The van der Waals surface area contributed by atoms with Gasteiger partial charge in [0.05, 0.1) is 5.60 Å². The summed E-state index contributed by atoms with van der Waals surface area (Å²) in [5.41, 5.74) is -0.457. The molecule has 0 unspecified atom stereocenters. The summed E-state index contributed by atoms with van der Waals surface area (Å²) in [5, 5.41) is 14.1. The molecule has 0 radical (unpaired) electrons. The highest BCUT2D eigenvalue weighted by molar-refractivity contribution is 4.83. The Morgan fingerprint density at radius 1 is 1.06 bits per heavy atom. The van der Waals surface area contributed by atoms with Gasteiger partial charge in [-0.15, -0.1) is 0 Å². The second kappa shape index (κ2) is 7.29. The lowest BCUT2D eigenvalue weighted by Crippen LogP contribution is -2.45. The molecule has 2 N–H and O–H groups in total. The Kier molecular flexibility index (Phi) is 6.37. The molecule has 0 aromatic carbocycles. The van der Waals surface area contributed by atoms with Crippen LogP contribution in [0.15, 0.2) is 0 Å². The number of nitrogens with one attached hydrogen (secondary N) is 1. The lowest BCUT2D eigenvalue weighted by molar-refractivity contribution is 0.0181. The van der Waals surface area contributed by atoms with Gasteiger partial charge in [0.15, 0.2) is 0 Å². The predicted octanol–water partition coefficient (Wildman–Crippen LogP) is 3.24. The molecule has 0 heterocycles. The van der Waals surface area contributed by atoms with E-state index >= 15 is 0 Å². The molecule has 0 aromatic rings. The highest BCUT2D eigenvalue weighted by atomic mass is 16.3. The first-order valence-corrected chi connectivity index (χ1v) is 7.16. The summed E-state index contributed by atoms with van der Waals surface area (Å²) in [6.07, 6.45) is 10.7. The quantitative estimate of drug-likeness (QED) is 0.700. The van der Waals surface area contributed by atoms with Crippen molar-refractivity contribution in [3.8, 4) is 0 Å². The smallest absolute Gasteiger partial charge is 0.0771 e. The third-order valence-corrected chi connectivity index (χ3v) is 3.76. The molecule has 96 valence electrons. The largest absolute Gasteiger partial charge is 0.389 e. The second-order valence-electron chi connectivity index (χ2n) is 5.44. The fourth-order valence-corrected chi connectivity index (χ4v) is 2.87. The van der Waals surface area contributed by atoms with E-state index in [1.807, 2.05) is 0 Å². The molecule has 16 heavy (non-hydrogen) atoms. The van der Waals surface area contributed by atoms with Crippen molar-refractivity contribution in [2.75, 3.05) is 6.54 Å². The van der Waals surface area contributed by atoms with Gasteiger partial charge in [0.2, 0.25) is 0 Å². The van der Waals surface area contributed by atoms with Crippen LogP contribution < -0.4 is 5.32 Å². The standard InChI is InChI=1S/C14H29NO/c1-3-10-14(16,11-4-2)12-15-13-8-6-5-7-9-13/h13,15-16H,3-12H2,1-2H3. The summed E-state index contributed by atoms with van der Waals surface area (Å²) in [7, 11) is 0. The van der Waals surface area contributed by atoms with Crippen LogP contribution in [0, 0.1) is 0 Å². The van der Waals surface area contributed by atoms with Crippen LogP contribution in [0.2, 0.25) is 0 Å². The number of hydrogen-bond donors (Lipinski definition) is 2. The Morgan fingerprint density at radius 2 is 1.62 bits per heavy atom. The first kappa shape index (κ1) is 14.0. The molecule has 0 aliphatic heterocycles. The molecule has 2 heteroatoms. The topological polar surface area (TPSA) is 32.3 Å². The normalized spacial score (nSPS) is 18.9. The minimum absolute atomic E-state index is 0.457. The molecule has 0 atom stereocenters. The van der Waals surface area contributed by atoms with E-state index in [0.717, 1.165) is 32.2 Å². The van der Waals surface area contributed by atoms with E-state index in [0.29, 0.717) is 6.04 Å². The van der Waals surface area contributed by atoms with Crippen molar-refractivity contribution < 1.29 is 5.11 Å². The van der Waals surface area contributed by atoms with Crippen molar-refractivity contribution in [2.24, 2.45) is 0 Å². The van der Waals surface area contributed by atoms with E-state index in [1.54, 1.807) is 0 Å². The van der Waals surface area contributed by atoms with Crippen LogP contribution in [0.25, 0.3) is 0 Å². The van der Waals surface area contributed by atoms with Crippen molar-refractivity contribution in [1.29, 1.82) is 0 Å². The third-order valence-electron chi connectivity index (χ3n) is 3.76. The van der Waals surface area contributed by atoms with Gasteiger partial charge < -0.3 is 10.4 Å². The van der Waals surface area contributed by atoms with Crippen molar-refractivity contribution in [1.82, 2.24) is 5.32 Å². The summed E-state index contributed by atoms with van der Waals surface area (Å²) in [6.45, 7) is 5.10. The van der Waals surface area contributed by atoms with E-state index in [1.165, 1.54) is 32.1 Å². The van der Waals surface area contributed by atoms with Crippen molar-refractivity contribution >= 4 is 0 Å². The molecule has 2 nitrogen and oxygen atoms in total. The molecular formula is C14H29NO. The van der Waals surface area contributed by atoms with Crippen LogP contribution in [-0.2, 0) is 0 Å². The Hall–Kier alpha value is -0.0800. The van der Waals surface area contributed by atoms with Crippen LogP contribution in [0.5, 0.6) is 0 Å². The predicted molar refractivity (Wildman–Crippen MR) is 69.6 cm³/mol. The van der Waals surface area contributed by atoms with Gasteiger partial charge in [0, 0.05) is 12.6 Å². The maximum absolute atomic E-state index is 10.5. The Balaban J connectivity index is 2.30. The molecular weight excluding hydrogens is 198 g/mol. The van der Waals surface area contributed by atoms with Gasteiger partial charge in [-0.05, 0) is 25.7 Å². The van der Waals surface area contributed by atoms with E-state index in [2.05, 4.69) is 19.2 Å². The fraction of sp³-hybridized carbons (Fsp3) is 1.00. The monoisotopic (exact) mass is 227 g/mol. The average Bonchev–Trinajstić information content (AvgIpc) is 2.29. The minimum Gasteiger partial charge on any atom is -0.389 e. The van der Waals surface area contributed by atoms with E-state index < -0.39 is 5.60 Å². The molecule has 0 saturated heterocycles. The Bertz CT molecular complexity index is 170. The number of hydrogen-bond acceptors (Lipinski definition) is 2. The van der Waals surface area contributed by atoms with Crippen LogP contribution in [0.3, 0.4) is 0 Å². The maximum Gasteiger partial charge on any atom is 0.0771 e. The number of aliphatic hydroxyl groups is 1. The van der Waals surface area contributed by atoms with Gasteiger partial charge in [-0.2, -0.15) is 0 Å². The van der Waals surface area contributed by atoms with Gasteiger partial charge in [-0.25, -0.2) is 0 Å². The highest BCUT2D eigenvalue weighted by Crippen LogP contribution is 2.21. The molecule has 1 aliphatic rings. The van der Waals surface area contributed by atoms with Crippen molar-refractivity contribution in [3.05, 3.63) is 0 Å². The maximum atomic E-state index is 10.5. The van der Waals surface area contributed by atoms with Crippen molar-refractivity contribution in [2.45, 2.75) is 83.3 Å².